The van der Waals surface area contributed by atoms with Gasteiger partial charge in [-0.25, -0.2) is 13.8 Å². The molecular formula is C18H14F2N4O3. The molecule has 7 nitrogen and oxygen atoms in total. The molecule has 0 bridgehead atoms. The van der Waals surface area contributed by atoms with Crippen LogP contribution in [0.1, 0.15) is 5.56 Å². The maximum atomic E-state index is 13.1. The highest BCUT2D eigenvalue weighted by Gasteiger charge is 2.26. The van der Waals surface area contributed by atoms with E-state index < -0.39 is 22.5 Å². The average molecular weight is 372 g/mol. The molecule has 2 heterocycles. The maximum Gasteiger partial charge on any atom is 0.311 e. The third-order valence-electron chi connectivity index (χ3n) is 4.01. The van der Waals surface area contributed by atoms with E-state index in [2.05, 4.69) is 16.8 Å². The highest BCUT2D eigenvalue weighted by atomic mass is 19.1. The minimum absolute atomic E-state index is 0.0728. The molecule has 1 fully saturated rings. The number of rotatable bonds is 2. The summed E-state index contributed by atoms with van der Waals surface area (Å²) in [7, 11) is 0. The molecule has 3 rings (SSSR count). The van der Waals surface area contributed by atoms with Crippen LogP contribution >= 0.6 is 0 Å². The molecule has 1 amide bonds. The van der Waals surface area contributed by atoms with Crippen molar-refractivity contribution in [3.63, 3.8) is 0 Å². The van der Waals surface area contributed by atoms with E-state index in [0.29, 0.717) is 26.2 Å². The molecule has 1 aliphatic heterocycles. The molecule has 2 aromatic rings. The lowest BCUT2D eigenvalue weighted by atomic mass is 10.2. The average Bonchev–Trinajstić information content (AvgIpc) is 2.65. The number of aromatic nitrogens is 1. The first-order chi connectivity index (χ1) is 12.9. The van der Waals surface area contributed by atoms with Gasteiger partial charge in [0, 0.05) is 56.0 Å². The summed E-state index contributed by atoms with van der Waals surface area (Å²) in [5.74, 6) is 3.07. The fraction of sp³-hybridized carbons (Fsp3) is 0.222. The van der Waals surface area contributed by atoms with Gasteiger partial charge in [-0.2, -0.15) is 0 Å². The lowest BCUT2D eigenvalue weighted by Gasteiger charge is -2.34. The van der Waals surface area contributed by atoms with Gasteiger partial charge >= 0.3 is 5.69 Å². The summed E-state index contributed by atoms with van der Waals surface area (Å²) < 4.78 is 26.3. The molecule has 138 valence electrons. The first kappa shape index (κ1) is 18.3. The van der Waals surface area contributed by atoms with Gasteiger partial charge in [-0.1, -0.05) is 5.92 Å². The van der Waals surface area contributed by atoms with Crippen molar-refractivity contribution < 1.29 is 18.5 Å². The Labute approximate surface area is 153 Å². The van der Waals surface area contributed by atoms with Gasteiger partial charge in [0.1, 0.15) is 11.6 Å². The van der Waals surface area contributed by atoms with Gasteiger partial charge in [-0.15, -0.1) is 0 Å². The van der Waals surface area contributed by atoms with Crippen molar-refractivity contribution in [3.8, 4) is 11.8 Å². The first-order valence-corrected chi connectivity index (χ1v) is 8.05. The molecule has 1 saturated heterocycles. The van der Waals surface area contributed by atoms with Gasteiger partial charge in [0.25, 0.3) is 5.91 Å². The van der Waals surface area contributed by atoms with Crippen LogP contribution in [0, 0.1) is 33.6 Å². The number of piperazine rings is 1. The number of carbonyl (C=O) groups excluding carboxylic acids is 1. The maximum absolute atomic E-state index is 13.1. The van der Waals surface area contributed by atoms with Crippen molar-refractivity contribution in [1.29, 1.82) is 0 Å². The molecule has 0 N–H and O–H groups in total. The van der Waals surface area contributed by atoms with Crippen LogP contribution in [0.2, 0.25) is 0 Å². The largest absolute Gasteiger partial charge is 0.347 e. The van der Waals surface area contributed by atoms with Crippen molar-refractivity contribution in [1.82, 2.24) is 9.88 Å². The second kappa shape index (κ2) is 7.78. The van der Waals surface area contributed by atoms with Crippen LogP contribution in [-0.4, -0.2) is 46.9 Å². The summed E-state index contributed by atoms with van der Waals surface area (Å²) >= 11 is 0. The van der Waals surface area contributed by atoms with Crippen LogP contribution in [0.15, 0.2) is 36.5 Å². The van der Waals surface area contributed by atoms with Crippen LogP contribution < -0.4 is 4.90 Å². The van der Waals surface area contributed by atoms with E-state index in [1.807, 2.05) is 0 Å². The zero-order valence-electron chi connectivity index (χ0n) is 14.1. The lowest BCUT2D eigenvalue weighted by Crippen LogP contribution is -2.48. The number of carbonyl (C=O) groups is 1. The molecule has 0 saturated carbocycles. The standard InChI is InChI=1S/C18H14F2N4O3/c19-14-10-13(11-15(20)12-14)3-4-17(25)22-6-8-23(9-7-22)18-16(24(26)27)2-1-5-21-18/h1-2,5,10-12H,6-9H2. The van der Waals surface area contributed by atoms with Crippen molar-refractivity contribution in [3.05, 3.63) is 63.8 Å². The Morgan fingerprint density at radius 3 is 2.44 bits per heavy atom. The Hall–Kier alpha value is -3.54. The van der Waals surface area contributed by atoms with Gasteiger partial charge in [0.15, 0.2) is 0 Å². The highest BCUT2D eigenvalue weighted by molar-refractivity contribution is 5.94. The molecule has 9 heteroatoms. The quantitative estimate of drug-likeness (QED) is 0.457. The normalized spacial score (nSPS) is 13.7. The number of hydrogen-bond donors (Lipinski definition) is 0. The van der Waals surface area contributed by atoms with Gasteiger partial charge in [-0.3, -0.25) is 14.9 Å². The number of pyridine rings is 1. The predicted molar refractivity (Wildman–Crippen MR) is 92.9 cm³/mol. The van der Waals surface area contributed by atoms with Crippen LogP contribution in [0.4, 0.5) is 20.3 Å². The SMILES string of the molecule is O=C(C#Cc1cc(F)cc(F)c1)N1CCN(c2ncccc2[N+](=O)[O-])CC1. The number of nitrogens with zero attached hydrogens (tertiary/aromatic N) is 4. The van der Waals surface area contributed by atoms with Crippen molar-refractivity contribution in [2.24, 2.45) is 0 Å². The molecule has 0 unspecified atom stereocenters. The summed E-state index contributed by atoms with van der Waals surface area (Å²) in [5.41, 5.74) is -0.0196. The molecule has 0 spiro atoms. The predicted octanol–water partition coefficient (Wildman–Crippen LogP) is 1.97. The Kier molecular flexibility index (Phi) is 5.26. The number of benzene rings is 1. The molecule has 1 aromatic carbocycles. The van der Waals surface area contributed by atoms with Gasteiger partial charge in [0.2, 0.25) is 5.82 Å². The Bertz CT molecular complexity index is 927. The number of anilines is 1. The van der Waals surface area contributed by atoms with E-state index in [0.717, 1.165) is 18.2 Å². The summed E-state index contributed by atoms with van der Waals surface area (Å²) in [6.07, 6.45) is 1.48. The molecule has 1 aliphatic rings. The zero-order chi connectivity index (χ0) is 19.4. The molecule has 1 aromatic heterocycles. The third-order valence-corrected chi connectivity index (χ3v) is 4.01. The molecular weight excluding hydrogens is 358 g/mol. The Morgan fingerprint density at radius 2 is 1.81 bits per heavy atom. The monoisotopic (exact) mass is 372 g/mol. The van der Waals surface area contributed by atoms with Gasteiger partial charge < -0.3 is 9.80 Å². The van der Waals surface area contributed by atoms with E-state index in [-0.39, 0.29) is 17.1 Å². The second-order valence-electron chi connectivity index (χ2n) is 5.79. The molecule has 0 aliphatic carbocycles. The van der Waals surface area contributed by atoms with Crippen LogP contribution in [0.5, 0.6) is 0 Å². The van der Waals surface area contributed by atoms with Crippen molar-refractivity contribution in [2.75, 3.05) is 31.1 Å². The summed E-state index contributed by atoms with van der Waals surface area (Å²) in [6.45, 7) is 1.33. The Morgan fingerprint density at radius 1 is 1.15 bits per heavy atom. The Balaban J connectivity index is 1.65. The van der Waals surface area contributed by atoms with E-state index in [1.165, 1.54) is 23.2 Å². The molecule has 0 radical (unpaired) electrons. The summed E-state index contributed by atoms with van der Waals surface area (Å²) in [5, 5.41) is 11.1. The smallest absolute Gasteiger partial charge is 0.311 e. The van der Waals surface area contributed by atoms with Crippen LogP contribution in [0.3, 0.4) is 0 Å². The fourth-order valence-corrected chi connectivity index (χ4v) is 2.73. The van der Waals surface area contributed by atoms with Crippen LogP contribution in [-0.2, 0) is 4.79 Å². The van der Waals surface area contributed by atoms with Crippen LogP contribution in [0.25, 0.3) is 0 Å². The number of halogens is 2. The topological polar surface area (TPSA) is 79.6 Å². The second-order valence-corrected chi connectivity index (χ2v) is 5.79. The number of nitro groups is 1. The summed E-state index contributed by atoms with van der Waals surface area (Å²) in [6, 6.07) is 5.68. The zero-order valence-corrected chi connectivity index (χ0v) is 14.1. The van der Waals surface area contributed by atoms with E-state index in [9.17, 15) is 23.7 Å². The minimum Gasteiger partial charge on any atom is -0.347 e. The van der Waals surface area contributed by atoms with Gasteiger partial charge in [0.05, 0.1) is 4.92 Å². The van der Waals surface area contributed by atoms with E-state index in [4.69, 9.17) is 0 Å². The van der Waals surface area contributed by atoms with E-state index in [1.54, 1.807) is 4.90 Å². The molecule has 0 atom stereocenters. The minimum atomic E-state index is -0.766. The first-order valence-electron chi connectivity index (χ1n) is 8.05. The van der Waals surface area contributed by atoms with Gasteiger partial charge in [-0.05, 0) is 18.2 Å². The lowest BCUT2D eigenvalue weighted by molar-refractivity contribution is -0.384. The van der Waals surface area contributed by atoms with Crippen molar-refractivity contribution >= 4 is 17.4 Å². The van der Waals surface area contributed by atoms with Crippen molar-refractivity contribution in [2.45, 2.75) is 0 Å². The molecule has 27 heavy (non-hydrogen) atoms. The third kappa shape index (κ3) is 4.36. The highest BCUT2D eigenvalue weighted by Crippen LogP contribution is 2.25. The number of amides is 1. The number of hydrogen-bond acceptors (Lipinski definition) is 5. The fourth-order valence-electron chi connectivity index (χ4n) is 2.73. The summed E-state index contributed by atoms with van der Waals surface area (Å²) in [4.78, 5) is 30.1. The van der Waals surface area contributed by atoms with E-state index >= 15 is 0 Å².